The highest BCUT2D eigenvalue weighted by atomic mass is 35.5. The van der Waals surface area contributed by atoms with Gasteiger partial charge in [-0.1, -0.05) is 0 Å². The lowest BCUT2D eigenvalue weighted by molar-refractivity contribution is -0.132. The molecule has 0 aromatic rings. The summed E-state index contributed by atoms with van der Waals surface area (Å²) in [7, 11) is 0. The number of nitrogens with zero attached hydrogens (tertiary/aromatic N) is 1. The molecule has 0 aromatic heterocycles. The van der Waals surface area contributed by atoms with E-state index in [-0.39, 0.29) is 24.4 Å². The number of halogens is 1. The van der Waals surface area contributed by atoms with Gasteiger partial charge in [0.05, 0.1) is 6.61 Å². The molecule has 2 aliphatic rings. The standard InChI is InChI=1S/C13H24N2O2.ClH/c1-10(14)2-5-13(16)15(12-3-4-12)8-11-6-7-17-9-11;/h10-12H,2-9,14H2,1H3;1H. The predicted molar refractivity (Wildman–Crippen MR) is 73.8 cm³/mol. The summed E-state index contributed by atoms with van der Waals surface area (Å²) in [5.74, 6) is 0.839. The first-order chi connectivity index (χ1) is 8.16. The average molecular weight is 277 g/mol. The fraction of sp³-hybridized carbons (Fsp3) is 0.923. The second-order valence-corrected chi connectivity index (χ2v) is 5.52. The first-order valence-corrected chi connectivity index (χ1v) is 6.79. The number of amides is 1. The Hall–Kier alpha value is -0.320. The maximum atomic E-state index is 12.1. The lowest BCUT2D eigenvalue weighted by Gasteiger charge is -2.25. The van der Waals surface area contributed by atoms with E-state index in [2.05, 4.69) is 4.90 Å². The van der Waals surface area contributed by atoms with Crippen molar-refractivity contribution in [3.05, 3.63) is 0 Å². The van der Waals surface area contributed by atoms with Crippen LogP contribution >= 0.6 is 12.4 Å². The quantitative estimate of drug-likeness (QED) is 0.801. The summed E-state index contributed by atoms with van der Waals surface area (Å²) in [5, 5.41) is 0. The van der Waals surface area contributed by atoms with Crippen LogP contribution in [-0.2, 0) is 9.53 Å². The molecule has 1 aliphatic carbocycles. The molecule has 2 rings (SSSR count). The Morgan fingerprint density at radius 2 is 2.17 bits per heavy atom. The molecule has 1 amide bonds. The Labute approximate surface area is 116 Å². The molecule has 2 unspecified atom stereocenters. The smallest absolute Gasteiger partial charge is 0.222 e. The number of carbonyl (C=O) groups excluding carboxylic acids is 1. The highest BCUT2D eigenvalue weighted by molar-refractivity contribution is 5.85. The van der Waals surface area contributed by atoms with Crippen LogP contribution in [0.4, 0.5) is 0 Å². The van der Waals surface area contributed by atoms with Gasteiger partial charge in [0, 0.05) is 37.6 Å². The molecule has 2 N–H and O–H groups in total. The van der Waals surface area contributed by atoms with Gasteiger partial charge in [-0.05, 0) is 32.6 Å². The molecule has 5 heteroatoms. The molecule has 1 saturated heterocycles. The highest BCUT2D eigenvalue weighted by Crippen LogP contribution is 2.29. The van der Waals surface area contributed by atoms with E-state index >= 15 is 0 Å². The largest absolute Gasteiger partial charge is 0.381 e. The van der Waals surface area contributed by atoms with Crippen LogP contribution in [0, 0.1) is 5.92 Å². The van der Waals surface area contributed by atoms with Crippen molar-refractivity contribution in [1.29, 1.82) is 0 Å². The molecule has 2 atom stereocenters. The van der Waals surface area contributed by atoms with Crippen LogP contribution < -0.4 is 5.73 Å². The van der Waals surface area contributed by atoms with Crippen LogP contribution in [0.25, 0.3) is 0 Å². The Morgan fingerprint density at radius 3 is 2.67 bits per heavy atom. The molecule has 106 valence electrons. The molecule has 0 radical (unpaired) electrons. The molecule has 0 spiro atoms. The van der Waals surface area contributed by atoms with Crippen molar-refractivity contribution in [1.82, 2.24) is 4.90 Å². The van der Waals surface area contributed by atoms with Gasteiger partial charge in [-0.25, -0.2) is 0 Å². The molecule has 0 bridgehead atoms. The Bertz CT molecular complexity index is 264. The number of hydrogen-bond acceptors (Lipinski definition) is 3. The van der Waals surface area contributed by atoms with Crippen LogP contribution in [0.5, 0.6) is 0 Å². The minimum Gasteiger partial charge on any atom is -0.381 e. The first kappa shape index (κ1) is 15.7. The van der Waals surface area contributed by atoms with Crippen molar-refractivity contribution in [2.24, 2.45) is 11.7 Å². The van der Waals surface area contributed by atoms with Crippen LogP contribution in [-0.4, -0.2) is 42.6 Å². The summed E-state index contributed by atoms with van der Waals surface area (Å²) in [4.78, 5) is 14.2. The molecular weight excluding hydrogens is 252 g/mol. The minimum atomic E-state index is 0. The van der Waals surface area contributed by atoms with E-state index in [1.165, 1.54) is 12.8 Å². The zero-order valence-electron chi connectivity index (χ0n) is 11.1. The maximum absolute atomic E-state index is 12.1. The molecule has 1 saturated carbocycles. The summed E-state index contributed by atoms with van der Waals surface area (Å²) in [6.07, 6.45) is 4.85. The normalized spacial score (nSPS) is 24.4. The van der Waals surface area contributed by atoms with Crippen LogP contribution in [0.1, 0.15) is 39.0 Å². The van der Waals surface area contributed by atoms with Gasteiger partial charge in [0.2, 0.25) is 5.91 Å². The number of ether oxygens (including phenoxy) is 1. The summed E-state index contributed by atoms with van der Waals surface area (Å²) in [5.41, 5.74) is 5.71. The minimum absolute atomic E-state index is 0. The second-order valence-electron chi connectivity index (χ2n) is 5.52. The molecule has 1 heterocycles. The van der Waals surface area contributed by atoms with E-state index in [1.807, 2.05) is 6.92 Å². The molecule has 0 aromatic carbocycles. The van der Waals surface area contributed by atoms with Crippen LogP contribution in [0.3, 0.4) is 0 Å². The van der Waals surface area contributed by atoms with Gasteiger partial charge in [-0.3, -0.25) is 4.79 Å². The van der Waals surface area contributed by atoms with E-state index in [9.17, 15) is 4.79 Å². The topological polar surface area (TPSA) is 55.6 Å². The number of nitrogens with two attached hydrogens (primary N) is 1. The summed E-state index contributed by atoms with van der Waals surface area (Å²) >= 11 is 0. The molecule has 1 aliphatic heterocycles. The second kappa shape index (κ2) is 7.31. The summed E-state index contributed by atoms with van der Waals surface area (Å²) in [6, 6.07) is 0.631. The molecular formula is C13H25ClN2O2. The third-order valence-electron chi connectivity index (χ3n) is 3.60. The average Bonchev–Trinajstić information content (AvgIpc) is 3.00. The van der Waals surface area contributed by atoms with Gasteiger partial charge in [-0.15, -0.1) is 12.4 Å². The van der Waals surface area contributed by atoms with E-state index < -0.39 is 0 Å². The van der Waals surface area contributed by atoms with Crippen LogP contribution in [0.2, 0.25) is 0 Å². The van der Waals surface area contributed by atoms with Gasteiger partial charge in [0.25, 0.3) is 0 Å². The van der Waals surface area contributed by atoms with E-state index in [0.717, 1.165) is 32.6 Å². The maximum Gasteiger partial charge on any atom is 0.222 e. The van der Waals surface area contributed by atoms with Gasteiger partial charge in [0.1, 0.15) is 0 Å². The molecule has 2 fully saturated rings. The number of carbonyl (C=O) groups is 1. The zero-order valence-corrected chi connectivity index (χ0v) is 12.0. The van der Waals surface area contributed by atoms with Gasteiger partial charge in [-0.2, -0.15) is 0 Å². The van der Waals surface area contributed by atoms with Gasteiger partial charge >= 0.3 is 0 Å². The van der Waals surface area contributed by atoms with Gasteiger partial charge < -0.3 is 15.4 Å². The van der Waals surface area contributed by atoms with Crippen molar-refractivity contribution >= 4 is 18.3 Å². The van der Waals surface area contributed by atoms with Crippen molar-refractivity contribution in [3.63, 3.8) is 0 Å². The lowest BCUT2D eigenvalue weighted by atomic mass is 10.1. The Morgan fingerprint density at radius 1 is 1.44 bits per heavy atom. The van der Waals surface area contributed by atoms with Crippen molar-refractivity contribution in [3.8, 4) is 0 Å². The van der Waals surface area contributed by atoms with E-state index in [0.29, 0.717) is 18.4 Å². The number of hydrogen-bond donors (Lipinski definition) is 1. The van der Waals surface area contributed by atoms with Crippen molar-refractivity contribution in [2.45, 2.75) is 51.1 Å². The monoisotopic (exact) mass is 276 g/mol. The lowest BCUT2D eigenvalue weighted by Crippen LogP contribution is -2.38. The first-order valence-electron chi connectivity index (χ1n) is 6.79. The zero-order chi connectivity index (χ0) is 12.3. The van der Waals surface area contributed by atoms with E-state index in [1.54, 1.807) is 0 Å². The van der Waals surface area contributed by atoms with Gasteiger partial charge in [0.15, 0.2) is 0 Å². The van der Waals surface area contributed by atoms with Crippen molar-refractivity contribution in [2.75, 3.05) is 19.8 Å². The molecule has 4 nitrogen and oxygen atoms in total. The Kier molecular flexibility index (Phi) is 6.39. The predicted octanol–water partition coefficient (Wildman–Crippen LogP) is 1.56. The third-order valence-corrected chi connectivity index (χ3v) is 3.60. The Balaban J connectivity index is 0.00000162. The fourth-order valence-electron chi connectivity index (χ4n) is 2.34. The van der Waals surface area contributed by atoms with E-state index in [4.69, 9.17) is 10.5 Å². The summed E-state index contributed by atoms with van der Waals surface area (Å²) < 4.78 is 5.38. The number of rotatable bonds is 6. The molecule has 18 heavy (non-hydrogen) atoms. The SMILES string of the molecule is CC(N)CCC(=O)N(CC1CCOC1)C1CC1.Cl. The van der Waals surface area contributed by atoms with Crippen LogP contribution in [0.15, 0.2) is 0 Å². The summed E-state index contributed by atoms with van der Waals surface area (Å²) in [6.45, 7) is 4.53. The highest BCUT2D eigenvalue weighted by Gasteiger charge is 2.34. The third kappa shape index (κ3) is 4.75. The fourth-order valence-corrected chi connectivity index (χ4v) is 2.34. The van der Waals surface area contributed by atoms with Crippen molar-refractivity contribution < 1.29 is 9.53 Å².